The number of rotatable bonds is 6. The molecule has 0 aromatic heterocycles. The molecule has 0 aromatic carbocycles. The van der Waals surface area contributed by atoms with E-state index in [2.05, 4.69) is 0 Å². The Morgan fingerprint density at radius 3 is 2.33 bits per heavy atom. The second-order valence-electron chi connectivity index (χ2n) is 4.76. The fourth-order valence-electron chi connectivity index (χ4n) is 2.09. The van der Waals surface area contributed by atoms with Crippen LogP contribution in [-0.4, -0.2) is 57.3 Å². The van der Waals surface area contributed by atoms with Gasteiger partial charge in [-0.25, -0.2) is 16.8 Å². The Bertz CT molecular complexity index is 508. The normalized spacial score (nSPS) is 22.2. The van der Waals surface area contributed by atoms with E-state index in [1.165, 1.54) is 11.2 Å². The molecule has 0 amide bonds. The van der Waals surface area contributed by atoms with E-state index < -0.39 is 25.6 Å². The van der Waals surface area contributed by atoms with E-state index in [1.54, 1.807) is 0 Å². The van der Waals surface area contributed by atoms with E-state index in [-0.39, 0.29) is 24.0 Å². The SMILES string of the molecule is CC(=O)CC1CCCN1S(=O)(=O)CCS(C)(=O)=O. The monoisotopic (exact) mass is 297 g/mol. The highest BCUT2D eigenvalue weighted by Gasteiger charge is 2.34. The van der Waals surface area contributed by atoms with Crippen LogP contribution < -0.4 is 0 Å². The van der Waals surface area contributed by atoms with Crippen LogP contribution in [0.25, 0.3) is 0 Å². The number of carbonyl (C=O) groups excluding carboxylic acids is 1. The van der Waals surface area contributed by atoms with Gasteiger partial charge >= 0.3 is 0 Å². The maximum absolute atomic E-state index is 12.0. The van der Waals surface area contributed by atoms with Crippen LogP contribution in [0, 0.1) is 0 Å². The van der Waals surface area contributed by atoms with Gasteiger partial charge in [-0.15, -0.1) is 0 Å². The first-order valence-corrected chi connectivity index (χ1v) is 9.45. The summed E-state index contributed by atoms with van der Waals surface area (Å²) in [7, 11) is -6.89. The molecule has 0 aliphatic carbocycles. The molecule has 1 rings (SSSR count). The molecule has 0 radical (unpaired) electrons. The number of nitrogens with zero attached hydrogens (tertiary/aromatic N) is 1. The highest BCUT2D eigenvalue weighted by atomic mass is 32.2. The molecular weight excluding hydrogens is 278 g/mol. The van der Waals surface area contributed by atoms with Crippen LogP contribution in [-0.2, 0) is 24.7 Å². The number of sulfone groups is 1. The third-order valence-corrected chi connectivity index (χ3v) is 6.04. The largest absolute Gasteiger partial charge is 0.300 e. The van der Waals surface area contributed by atoms with Crippen molar-refractivity contribution in [3.8, 4) is 0 Å². The van der Waals surface area contributed by atoms with E-state index >= 15 is 0 Å². The quantitative estimate of drug-likeness (QED) is 0.677. The zero-order valence-electron chi connectivity index (χ0n) is 10.6. The lowest BCUT2D eigenvalue weighted by atomic mass is 10.1. The van der Waals surface area contributed by atoms with Gasteiger partial charge in [-0.1, -0.05) is 0 Å². The maximum Gasteiger partial charge on any atom is 0.215 e. The van der Waals surface area contributed by atoms with Crippen LogP contribution in [0.2, 0.25) is 0 Å². The Morgan fingerprint density at radius 2 is 1.83 bits per heavy atom. The molecule has 1 heterocycles. The molecule has 0 aromatic rings. The van der Waals surface area contributed by atoms with Crippen LogP contribution in [0.5, 0.6) is 0 Å². The van der Waals surface area contributed by atoms with Crippen LogP contribution >= 0.6 is 0 Å². The Hall–Kier alpha value is -0.470. The van der Waals surface area contributed by atoms with Crippen LogP contribution in [0.1, 0.15) is 26.2 Å². The van der Waals surface area contributed by atoms with Crippen molar-refractivity contribution in [2.75, 3.05) is 24.3 Å². The summed E-state index contributed by atoms with van der Waals surface area (Å²) in [5.74, 6) is -0.830. The Morgan fingerprint density at radius 1 is 1.22 bits per heavy atom. The molecule has 0 saturated carbocycles. The van der Waals surface area contributed by atoms with Crippen molar-refractivity contribution in [2.24, 2.45) is 0 Å². The van der Waals surface area contributed by atoms with Crippen LogP contribution in [0.3, 0.4) is 0 Å². The fourth-order valence-corrected chi connectivity index (χ4v) is 5.41. The lowest BCUT2D eigenvalue weighted by molar-refractivity contribution is -0.117. The first kappa shape index (κ1) is 15.6. The average Bonchev–Trinajstić information content (AvgIpc) is 2.61. The van der Waals surface area contributed by atoms with Gasteiger partial charge in [0.1, 0.15) is 15.6 Å². The van der Waals surface area contributed by atoms with Gasteiger partial charge in [-0.05, 0) is 19.8 Å². The molecule has 1 saturated heterocycles. The third-order valence-electron chi connectivity index (χ3n) is 2.92. The molecule has 8 heteroatoms. The number of carbonyl (C=O) groups is 1. The highest BCUT2D eigenvalue weighted by Crippen LogP contribution is 2.24. The Kier molecular flexibility index (Phi) is 4.90. The second kappa shape index (κ2) is 5.66. The van der Waals surface area contributed by atoms with Crippen molar-refractivity contribution in [1.29, 1.82) is 0 Å². The topological polar surface area (TPSA) is 88.6 Å². The zero-order chi connectivity index (χ0) is 14.0. The summed E-state index contributed by atoms with van der Waals surface area (Å²) < 4.78 is 47.4. The summed E-state index contributed by atoms with van der Waals surface area (Å²) in [5.41, 5.74) is 0. The Balaban J connectivity index is 2.74. The first-order valence-electron chi connectivity index (χ1n) is 5.78. The summed E-state index contributed by atoms with van der Waals surface area (Å²) in [6, 6.07) is -0.299. The molecule has 1 fully saturated rings. The van der Waals surface area contributed by atoms with Crippen molar-refractivity contribution >= 4 is 25.6 Å². The van der Waals surface area contributed by atoms with Gasteiger partial charge in [0, 0.05) is 25.3 Å². The highest BCUT2D eigenvalue weighted by molar-refractivity contribution is 7.93. The van der Waals surface area contributed by atoms with E-state index in [4.69, 9.17) is 0 Å². The molecule has 1 unspecified atom stereocenters. The standard InChI is InChI=1S/C10H19NO5S2/c1-9(12)8-10-4-3-5-11(10)18(15,16)7-6-17(2,13)14/h10H,3-8H2,1-2H3. The molecule has 1 aliphatic heterocycles. The lowest BCUT2D eigenvalue weighted by Crippen LogP contribution is -2.39. The summed E-state index contributed by atoms with van der Waals surface area (Å²) in [6.07, 6.45) is 2.60. The minimum atomic E-state index is -3.59. The fraction of sp³-hybridized carbons (Fsp3) is 0.900. The van der Waals surface area contributed by atoms with Crippen LogP contribution in [0.15, 0.2) is 0 Å². The number of hydrogen-bond acceptors (Lipinski definition) is 5. The van der Waals surface area contributed by atoms with Crippen molar-refractivity contribution in [2.45, 2.75) is 32.2 Å². The summed E-state index contributed by atoms with van der Waals surface area (Å²) in [5, 5.41) is 0. The molecule has 6 nitrogen and oxygen atoms in total. The molecule has 0 N–H and O–H groups in total. The second-order valence-corrected chi connectivity index (χ2v) is 9.06. The number of Topliss-reactive ketones (excluding diaryl/α,β-unsaturated/α-hetero) is 1. The van der Waals surface area contributed by atoms with Crippen molar-refractivity contribution in [3.63, 3.8) is 0 Å². The molecule has 0 spiro atoms. The predicted molar refractivity (Wildman–Crippen MR) is 68.5 cm³/mol. The number of hydrogen-bond donors (Lipinski definition) is 0. The van der Waals surface area contributed by atoms with Gasteiger partial charge in [0.15, 0.2) is 0 Å². The van der Waals surface area contributed by atoms with Gasteiger partial charge in [-0.2, -0.15) is 4.31 Å². The van der Waals surface area contributed by atoms with Crippen LogP contribution in [0.4, 0.5) is 0 Å². The summed E-state index contributed by atoms with van der Waals surface area (Å²) >= 11 is 0. The summed E-state index contributed by atoms with van der Waals surface area (Å²) in [4.78, 5) is 11.1. The number of ketones is 1. The van der Waals surface area contributed by atoms with Gasteiger partial charge in [0.25, 0.3) is 0 Å². The molecule has 0 bridgehead atoms. The van der Waals surface area contributed by atoms with Crippen molar-refractivity contribution < 1.29 is 21.6 Å². The van der Waals surface area contributed by atoms with E-state index in [0.29, 0.717) is 13.0 Å². The van der Waals surface area contributed by atoms with Gasteiger partial charge in [0.05, 0.1) is 11.5 Å². The van der Waals surface area contributed by atoms with E-state index in [9.17, 15) is 21.6 Å². The Labute approximate surface area is 108 Å². The molecule has 18 heavy (non-hydrogen) atoms. The minimum absolute atomic E-state index is 0.0507. The first-order chi connectivity index (χ1) is 8.12. The number of sulfonamides is 1. The van der Waals surface area contributed by atoms with Crippen molar-refractivity contribution in [3.05, 3.63) is 0 Å². The minimum Gasteiger partial charge on any atom is -0.300 e. The van der Waals surface area contributed by atoms with Gasteiger partial charge in [-0.3, -0.25) is 4.79 Å². The van der Waals surface area contributed by atoms with Gasteiger partial charge in [0.2, 0.25) is 10.0 Å². The summed E-state index contributed by atoms with van der Waals surface area (Å²) in [6.45, 7) is 1.81. The molecular formula is C10H19NO5S2. The zero-order valence-corrected chi connectivity index (χ0v) is 12.3. The smallest absolute Gasteiger partial charge is 0.215 e. The molecule has 1 aliphatic rings. The van der Waals surface area contributed by atoms with Gasteiger partial charge < -0.3 is 0 Å². The van der Waals surface area contributed by atoms with Crippen molar-refractivity contribution in [1.82, 2.24) is 4.31 Å². The molecule has 106 valence electrons. The maximum atomic E-state index is 12.0. The third kappa shape index (κ3) is 4.66. The average molecular weight is 297 g/mol. The molecule has 1 atom stereocenters. The van der Waals surface area contributed by atoms with E-state index in [0.717, 1.165) is 12.7 Å². The predicted octanol–water partition coefficient (Wildman–Crippen LogP) is -0.196. The lowest BCUT2D eigenvalue weighted by Gasteiger charge is -2.23. The van der Waals surface area contributed by atoms with E-state index in [1.807, 2.05) is 0 Å².